The zero-order valence-corrected chi connectivity index (χ0v) is 26.5. The summed E-state index contributed by atoms with van der Waals surface area (Å²) in [6.07, 6.45) is 3.69. The van der Waals surface area contributed by atoms with E-state index in [0.29, 0.717) is 56.9 Å². The zero-order valence-electron chi connectivity index (χ0n) is 26.5. The Balaban J connectivity index is 1.11. The molecule has 1 aliphatic carbocycles. The van der Waals surface area contributed by atoms with Gasteiger partial charge in [-0.15, -0.1) is 0 Å². The Morgan fingerprint density at radius 2 is 1.72 bits per heavy atom. The van der Waals surface area contributed by atoms with Gasteiger partial charge in [-0.05, 0) is 85.7 Å². The third kappa shape index (κ3) is 7.95. The molecule has 6 rings (SSSR count). The minimum Gasteiger partial charge on any atom is -0.508 e. The van der Waals surface area contributed by atoms with Gasteiger partial charge in [0, 0.05) is 44.5 Å². The van der Waals surface area contributed by atoms with Crippen LogP contribution in [0.4, 0.5) is 4.39 Å². The predicted molar refractivity (Wildman–Crippen MR) is 173 cm³/mol. The quantitative estimate of drug-likeness (QED) is 0.239. The van der Waals surface area contributed by atoms with Gasteiger partial charge in [0.1, 0.15) is 28.6 Å². The normalized spacial score (nSPS) is 18.4. The number of morpholine rings is 1. The van der Waals surface area contributed by atoms with E-state index in [4.69, 9.17) is 9.47 Å². The maximum Gasteiger partial charge on any atom is 0.272 e. The van der Waals surface area contributed by atoms with E-state index >= 15 is 0 Å². The molecule has 2 aromatic carbocycles. The molecule has 1 aliphatic heterocycles. The first-order valence-corrected chi connectivity index (χ1v) is 15.9. The molecule has 2 aromatic heterocycles. The summed E-state index contributed by atoms with van der Waals surface area (Å²) < 4.78 is 27.6. The Morgan fingerprint density at radius 1 is 1.00 bits per heavy atom. The monoisotopic (exact) mass is 642 g/mol. The van der Waals surface area contributed by atoms with Crippen LogP contribution >= 0.6 is 0 Å². The second kappa shape index (κ2) is 14.3. The number of halogens is 1. The lowest BCUT2D eigenvalue weighted by Gasteiger charge is -2.29. The number of nitrogens with zero attached hydrogens (tertiary/aromatic N) is 4. The highest BCUT2D eigenvalue weighted by Gasteiger charge is 2.26. The van der Waals surface area contributed by atoms with E-state index in [-0.39, 0.29) is 35.2 Å². The first kappa shape index (κ1) is 32.1. The number of hydrogen-bond acceptors (Lipinski definition) is 8. The summed E-state index contributed by atoms with van der Waals surface area (Å²) in [5.41, 5.74) is 4.04. The van der Waals surface area contributed by atoms with Gasteiger partial charge in [0.25, 0.3) is 11.8 Å². The van der Waals surface area contributed by atoms with Crippen molar-refractivity contribution < 1.29 is 28.6 Å². The Kier molecular flexibility index (Phi) is 9.79. The molecule has 11 nitrogen and oxygen atoms in total. The van der Waals surface area contributed by atoms with Crippen LogP contribution in [0.5, 0.6) is 17.4 Å². The summed E-state index contributed by atoms with van der Waals surface area (Å²) in [5.74, 6) is -0.729. The van der Waals surface area contributed by atoms with Gasteiger partial charge in [-0.1, -0.05) is 18.2 Å². The van der Waals surface area contributed by atoms with Crippen molar-refractivity contribution in [2.24, 2.45) is 7.05 Å². The molecule has 4 aromatic rings. The molecule has 3 heterocycles. The van der Waals surface area contributed by atoms with E-state index in [1.54, 1.807) is 36.0 Å². The first-order chi connectivity index (χ1) is 22.7. The molecule has 2 fully saturated rings. The van der Waals surface area contributed by atoms with Crippen LogP contribution in [-0.2, 0) is 18.3 Å². The van der Waals surface area contributed by atoms with Crippen LogP contribution in [0.25, 0.3) is 11.1 Å². The van der Waals surface area contributed by atoms with Gasteiger partial charge in [-0.2, -0.15) is 5.10 Å². The summed E-state index contributed by atoms with van der Waals surface area (Å²) >= 11 is 0. The summed E-state index contributed by atoms with van der Waals surface area (Å²) in [4.78, 5) is 32.4. The fourth-order valence-electron chi connectivity index (χ4n) is 6.08. The molecule has 47 heavy (non-hydrogen) atoms. The molecule has 246 valence electrons. The highest BCUT2D eigenvalue weighted by atomic mass is 19.1. The smallest absolute Gasteiger partial charge is 0.272 e. The van der Waals surface area contributed by atoms with E-state index in [1.165, 1.54) is 0 Å². The Morgan fingerprint density at radius 3 is 2.43 bits per heavy atom. The minimum absolute atomic E-state index is 0.00556. The van der Waals surface area contributed by atoms with Crippen molar-refractivity contribution in [1.29, 1.82) is 0 Å². The van der Waals surface area contributed by atoms with Crippen molar-refractivity contribution >= 4 is 11.8 Å². The topological polar surface area (TPSA) is 131 Å². The van der Waals surface area contributed by atoms with Gasteiger partial charge in [0.05, 0.1) is 19.4 Å². The van der Waals surface area contributed by atoms with Crippen LogP contribution in [0.15, 0.2) is 60.8 Å². The van der Waals surface area contributed by atoms with E-state index in [2.05, 4.69) is 25.6 Å². The molecule has 0 radical (unpaired) electrons. The Bertz CT molecular complexity index is 1730. The van der Waals surface area contributed by atoms with Gasteiger partial charge in [0.15, 0.2) is 0 Å². The molecule has 3 N–H and O–H groups in total. The van der Waals surface area contributed by atoms with Gasteiger partial charge in [0.2, 0.25) is 5.88 Å². The number of phenolic OH excluding ortho intramolecular Hbond substituents is 1. The summed E-state index contributed by atoms with van der Waals surface area (Å²) in [7, 11) is 1.79. The van der Waals surface area contributed by atoms with E-state index in [1.807, 2.05) is 31.2 Å². The molecular formula is C35H39FN6O5. The van der Waals surface area contributed by atoms with Gasteiger partial charge in [-0.25, -0.2) is 9.37 Å². The molecule has 2 aliphatic rings. The van der Waals surface area contributed by atoms with Crippen molar-refractivity contribution in [2.75, 3.05) is 26.3 Å². The number of amides is 2. The lowest BCUT2D eigenvalue weighted by atomic mass is 9.91. The van der Waals surface area contributed by atoms with E-state index in [0.717, 1.165) is 47.7 Å². The average Bonchev–Trinajstić information content (AvgIpc) is 3.41. The zero-order chi connectivity index (χ0) is 32.9. The molecule has 2 amide bonds. The second-order valence-corrected chi connectivity index (χ2v) is 12.2. The number of phenols is 1. The van der Waals surface area contributed by atoms with E-state index < -0.39 is 11.7 Å². The number of aromatic hydroxyl groups is 1. The number of ether oxygens (including phenoxy) is 2. The van der Waals surface area contributed by atoms with Crippen LogP contribution < -0.4 is 15.4 Å². The Hall–Kier alpha value is -4.81. The van der Waals surface area contributed by atoms with Crippen LogP contribution in [-0.4, -0.2) is 75.0 Å². The van der Waals surface area contributed by atoms with E-state index in [9.17, 15) is 19.1 Å². The molecule has 12 heteroatoms. The van der Waals surface area contributed by atoms with Gasteiger partial charge >= 0.3 is 0 Å². The van der Waals surface area contributed by atoms with Crippen molar-refractivity contribution in [3.63, 3.8) is 0 Å². The molecule has 0 spiro atoms. The second-order valence-electron chi connectivity index (χ2n) is 12.2. The van der Waals surface area contributed by atoms with Crippen LogP contribution in [0.3, 0.4) is 0 Å². The molecule has 1 saturated heterocycles. The summed E-state index contributed by atoms with van der Waals surface area (Å²) in [6, 6.07) is 15.4. The van der Waals surface area contributed by atoms with Crippen LogP contribution in [0.2, 0.25) is 0 Å². The lowest BCUT2D eigenvalue weighted by molar-refractivity contribution is 0.0342. The molecule has 0 unspecified atom stereocenters. The molecule has 0 atom stereocenters. The standard InChI is InChI=1S/C35H39FN6O5/c1-22-16-32(40-41(22)2)34(45)39-27-8-6-26(7-9-27)38-33(44)31-19-25(36)20-37-35(31)47-29-5-3-4-23(18-29)30-11-10-28(43)17-24(30)21-42-12-14-46-15-13-42/h3-5,10-11,16-20,26-27,43H,6-9,12-15,21H2,1-2H3,(H,38,44)(H,39,45)/t26-,27-. The van der Waals surface area contributed by atoms with Crippen molar-refractivity contribution in [3.05, 3.63) is 89.1 Å². The van der Waals surface area contributed by atoms with Crippen LogP contribution in [0, 0.1) is 12.7 Å². The number of aryl methyl sites for hydroxylation is 2. The maximum atomic E-state index is 14.3. The average molecular weight is 643 g/mol. The predicted octanol–water partition coefficient (Wildman–Crippen LogP) is 4.73. The molecular weight excluding hydrogens is 603 g/mol. The number of rotatable bonds is 9. The number of pyridine rings is 1. The maximum absolute atomic E-state index is 14.3. The van der Waals surface area contributed by atoms with Crippen molar-refractivity contribution in [1.82, 2.24) is 30.3 Å². The van der Waals surface area contributed by atoms with Gasteiger partial charge in [-0.3, -0.25) is 19.2 Å². The number of aromatic nitrogens is 3. The number of carbonyl (C=O) groups is 2. The highest BCUT2D eigenvalue weighted by molar-refractivity contribution is 5.96. The molecule has 0 bridgehead atoms. The third-order valence-electron chi connectivity index (χ3n) is 8.75. The fraction of sp³-hybridized carbons (Fsp3) is 0.371. The summed E-state index contributed by atoms with van der Waals surface area (Å²) in [6.45, 7) is 5.50. The van der Waals surface area contributed by atoms with Crippen molar-refractivity contribution in [3.8, 4) is 28.5 Å². The van der Waals surface area contributed by atoms with Gasteiger partial charge < -0.3 is 25.2 Å². The Labute approximate surface area is 272 Å². The lowest BCUT2D eigenvalue weighted by Crippen LogP contribution is -2.44. The number of benzene rings is 2. The van der Waals surface area contributed by atoms with Crippen LogP contribution in [0.1, 0.15) is 57.8 Å². The fourth-order valence-corrected chi connectivity index (χ4v) is 6.08. The molecule has 1 saturated carbocycles. The third-order valence-corrected chi connectivity index (χ3v) is 8.75. The SMILES string of the molecule is Cc1cc(C(=O)N[C@H]2CC[C@H](NC(=O)c3cc(F)cnc3Oc3cccc(-c4ccc(O)cc4CN4CCOCC4)c3)CC2)nn1C. The number of nitrogens with one attached hydrogen (secondary N) is 2. The number of carbonyl (C=O) groups excluding carboxylic acids is 2. The first-order valence-electron chi connectivity index (χ1n) is 15.9. The van der Waals surface area contributed by atoms with Crippen molar-refractivity contribution in [2.45, 2.75) is 51.2 Å². The largest absolute Gasteiger partial charge is 0.508 e. The minimum atomic E-state index is -0.649. The highest BCUT2D eigenvalue weighted by Crippen LogP contribution is 2.33. The number of hydrogen-bond donors (Lipinski definition) is 3. The summed E-state index contributed by atoms with van der Waals surface area (Å²) in [5, 5.41) is 20.5.